The van der Waals surface area contributed by atoms with Gasteiger partial charge in [-0.05, 0) is 12.1 Å². The van der Waals surface area contributed by atoms with Crippen LogP contribution in [-0.2, 0) is 14.4 Å². The van der Waals surface area contributed by atoms with E-state index in [9.17, 15) is 14.4 Å². The number of carboxylic acids is 1. The van der Waals surface area contributed by atoms with Crippen LogP contribution >= 0.6 is 25.3 Å². The highest BCUT2D eigenvalue weighted by Gasteiger charge is 2.26. The average molecular weight is 332 g/mol. The van der Waals surface area contributed by atoms with E-state index in [0.29, 0.717) is 5.75 Å². The second-order valence-corrected chi connectivity index (χ2v) is 4.56. The third-order valence-electron chi connectivity index (χ3n) is 2.00. The zero-order chi connectivity index (χ0) is 16.3. The second kappa shape index (κ2) is 11.1. The predicted octanol–water partition coefficient (Wildman–Crippen LogP) is 1.29. The van der Waals surface area contributed by atoms with Crippen molar-refractivity contribution in [1.82, 2.24) is 10.0 Å². The highest BCUT2D eigenvalue weighted by Crippen LogP contribution is 2.07. The van der Waals surface area contributed by atoms with Gasteiger partial charge in [-0.1, -0.05) is 6.07 Å². The van der Waals surface area contributed by atoms with Gasteiger partial charge < -0.3 is 5.11 Å². The number of nitrogens with zero attached hydrogens (tertiary/aromatic N) is 2. The molecule has 21 heavy (non-hydrogen) atoms. The number of hydrogen-bond acceptors (Lipinski definition) is 7. The number of aromatic nitrogens is 1. The summed E-state index contributed by atoms with van der Waals surface area (Å²) in [6.07, 6.45) is 2.16. The lowest BCUT2D eigenvalue weighted by molar-refractivity contribution is -0.171. The molecule has 7 nitrogen and oxygen atoms in total. The lowest BCUT2D eigenvalue weighted by Crippen LogP contribution is -2.24. The maximum Gasteiger partial charge on any atom is 0.304 e. The summed E-state index contributed by atoms with van der Waals surface area (Å²) in [5, 5.41) is 17.2. The van der Waals surface area contributed by atoms with Crippen molar-refractivity contribution in [3.63, 3.8) is 0 Å². The van der Waals surface area contributed by atoms with E-state index in [4.69, 9.17) is 10.3 Å². The van der Waals surface area contributed by atoms with E-state index < -0.39 is 17.8 Å². The molecule has 0 unspecified atom stereocenters. The molecule has 116 valence electrons. The monoisotopic (exact) mass is 332 g/mol. The SMILES string of the molecule is O=C(O)CCS.O=C1CCC(=O)N1O.Sc1ccccn1. The Bertz CT molecular complexity index is 454. The summed E-state index contributed by atoms with van der Waals surface area (Å²) >= 11 is 7.65. The van der Waals surface area contributed by atoms with E-state index >= 15 is 0 Å². The van der Waals surface area contributed by atoms with Gasteiger partial charge in [0.2, 0.25) is 0 Å². The van der Waals surface area contributed by atoms with Crippen LogP contribution in [0, 0.1) is 0 Å². The van der Waals surface area contributed by atoms with Crippen LogP contribution in [0.4, 0.5) is 0 Å². The number of aliphatic carboxylic acids is 1. The number of imide groups is 1. The van der Waals surface area contributed by atoms with Crippen molar-refractivity contribution in [1.29, 1.82) is 0 Å². The summed E-state index contributed by atoms with van der Waals surface area (Å²) in [4.78, 5) is 33.9. The normalized spacial score (nSPS) is 13.0. The van der Waals surface area contributed by atoms with Crippen LogP contribution in [0.25, 0.3) is 0 Å². The van der Waals surface area contributed by atoms with Crippen LogP contribution in [0.15, 0.2) is 29.4 Å². The first kappa shape index (κ1) is 19.4. The van der Waals surface area contributed by atoms with Gasteiger partial charge in [0.25, 0.3) is 11.8 Å². The minimum atomic E-state index is -0.787. The number of carboxylic acid groups (broad SMARTS) is 1. The summed E-state index contributed by atoms with van der Waals surface area (Å²) in [6, 6.07) is 5.60. The number of thiol groups is 2. The molecule has 0 bridgehead atoms. The van der Waals surface area contributed by atoms with Gasteiger partial charge in [-0.2, -0.15) is 17.7 Å². The molecule has 2 N–H and O–H groups in total. The molecule has 2 heterocycles. The molecule has 2 rings (SSSR count). The Labute approximate surface area is 132 Å². The maximum absolute atomic E-state index is 10.2. The summed E-state index contributed by atoms with van der Waals surface area (Å²) in [5.74, 6) is -1.37. The van der Waals surface area contributed by atoms with Crippen LogP contribution in [0.5, 0.6) is 0 Å². The van der Waals surface area contributed by atoms with Gasteiger partial charge >= 0.3 is 5.97 Å². The molecular formula is C12H16N2O5S2. The van der Waals surface area contributed by atoms with E-state index in [1.807, 2.05) is 18.2 Å². The second-order valence-electron chi connectivity index (χ2n) is 3.65. The Morgan fingerprint density at radius 2 is 1.86 bits per heavy atom. The molecule has 0 saturated carbocycles. The van der Waals surface area contributed by atoms with Gasteiger partial charge in [-0.15, -0.1) is 12.6 Å². The minimum Gasteiger partial charge on any atom is -0.481 e. The first-order valence-electron chi connectivity index (χ1n) is 5.85. The van der Waals surface area contributed by atoms with Crippen LogP contribution in [-0.4, -0.2) is 43.9 Å². The van der Waals surface area contributed by atoms with Crippen LogP contribution in [0.3, 0.4) is 0 Å². The fourth-order valence-electron chi connectivity index (χ4n) is 1.01. The zero-order valence-electron chi connectivity index (χ0n) is 11.0. The Morgan fingerprint density at radius 1 is 1.29 bits per heavy atom. The third-order valence-corrected chi connectivity index (χ3v) is 2.49. The largest absolute Gasteiger partial charge is 0.481 e. The third kappa shape index (κ3) is 9.88. The van der Waals surface area contributed by atoms with E-state index in [0.717, 1.165) is 5.03 Å². The molecule has 1 saturated heterocycles. The fourth-order valence-corrected chi connectivity index (χ4v) is 1.36. The molecule has 0 aliphatic carbocycles. The van der Waals surface area contributed by atoms with E-state index in [1.54, 1.807) is 6.20 Å². The first-order valence-corrected chi connectivity index (χ1v) is 6.93. The van der Waals surface area contributed by atoms with Gasteiger partial charge in [-0.3, -0.25) is 24.6 Å². The van der Waals surface area contributed by atoms with Gasteiger partial charge in [0.1, 0.15) is 0 Å². The molecule has 9 heteroatoms. The first-order chi connectivity index (χ1) is 9.88. The van der Waals surface area contributed by atoms with Gasteiger partial charge in [0.15, 0.2) is 0 Å². The maximum atomic E-state index is 10.2. The lowest BCUT2D eigenvalue weighted by Gasteiger charge is -1.98. The molecule has 0 radical (unpaired) electrons. The summed E-state index contributed by atoms with van der Waals surface area (Å²) in [6.45, 7) is 0. The molecule has 1 aromatic rings. The molecule has 0 aromatic carbocycles. The van der Waals surface area contributed by atoms with Crippen molar-refractivity contribution < 1.29 is 24.7 Å². The molecule has 0 atom stereocenters. The smallest absolute Gasteiger partial charge is 0.304 e. The molecular weight excluding hydrogens is 316 g/mol. The lowest BCUT2D eigenvalue weighted by atomic mass is 10.4. The Balaban J connectivity index is 0.000000290. The van der Waals surface area contributed by atoms with Crippen LogP contribution in [0.2, 0.25) is 0 Å². The number of carbonyl (C=O) groups is 3. The number of hydrogen-bond donors (Lipinski definition) is 4. The standard InChI is InChI=1S/C5H5NS.C4H5NO3.C3H6O2S/c7-5-3-1-2-4-6-5;6-3-1-2-4(7)5(3)8;4-3(5)1-2-6/h1-4H,(H,6,7);8H,1-2H2;6H,1-2H2,(H,4,5). The van der Waals surface area contributed by atoms with Gasteiger partial charge in [0.05, 0.1) is 11.4 Å². The number of pyridine rings is 1. The van der Waals surface area contributed by atoms with Gasteiger partial charge in [-0.25, -0.2) is 0 Å². The summed E-state index contributed by atoms with van der Waals surface area (Å²) in [5.41, 5.74) is 0. The van der Waals surface area contributed by atoms with Crippen molar-refractivity contribution in [3.8, 4) is 0 Å². The molecule has 1 aliphatic rings. The predicted molar refractivity (Wildman–Crippen MR) is 80.5 cm³/mol. The van der Waals surface area contributed by atoms with Crippen molar-refractivity contribution >= 4 is 43.0 Å². The fraction of sp³-hybridized carbons (Fsp3) is 0.333. The van der Waals surface area contributed by atoms with Crippen molar-refractivity contribution in [2.45, 2.75) is 24.3 Å². The molecule has 2 amide bonds. The quantitative estimate of drug-likeness (QED) is 0.369. The Hall–Kier alpha value is -1.58. The molecule has 1 aliphatic heterocycles. The molecule has 1 aromatic heterocycles. The number of hydroxylamine groups is 2. The Kier molecular flexibility index (Phi) is 10.3. The highest BCUT2D eigenvalue weighted by molar-refractivity contribution is 7.80. The minimum absolute atomic E-state index is 0.148. The van der Waals surface area contributed by atoms with E-state index in [-0.39, 0.29) is 24.3 Å². The van der Waals surface area contributed by atoms with E-state index in [2.05, 4.69) is 30.2 Å². The number of amides is 2. The zero-order valence-corrected chi connectivity index (χ0v) is 12.8. The molecule has 1 fully saturated rings. The Morgan fingerprint density at radius 3 is 2.00 bits per heavy atom. The highest BCUT2D eigenvalue weighted by atomic mass is 32.1. The molecule has 0 spiro atoms. The van der Waals surface area contributed by atoms with Crippen molar-refractivity contribution in [2.75, 3.05) is 5.75 Å². The number of carbonyl (C=O) groups excluding carboxylic acids is 2. The van der Waals surface area contributed by atoms with Crippen molar-refractivity contribution in [2.24, 2.45) is 0 Å². The van der Waals surface area contributed by atoms with E-state index in [1.165, 1.54) is 0 Å². The summed E-state index contributed by atoms with van der Waals surface area (Å²) in [7, 11) is 0. The number of rotatable bonds is 2. The van der Waals surface area contributed by atoms with Crippen LogP contribution in [0.1, 0.15) is 19.3 Å². The topological polar surface area (TPSA) is 108 Å². The van der Waals surface area contributed by atoms with Crippen molar-refractivity contribution in [3.05, 3.63) is 24.4 Å². The average Bonchev–Trinajstić information content (AvgIpc) is 2.72. The van der Waals surface area contributed by atoms with Gasteiger partial charge in [0, 0.05) is 24.8 Å². The van der Waals surface area contributed by atoms with Crippen LogP contribution < -0.4 is 0 Å². The summed E-state index contributed by atoms with van der Waals surface area (Å²) < 4.78 is 0.